The van der Waals surface area contributed by atoms with Gasteiger partial charge in [0.15, 0.2) is 0 Å². The molecule has 0 aromatic carbocycles. The van der Waals surface area contributed by atoms with Gasteiger partial charge in [0.2, 0.25) is 0 Å². The molecule has 2 aromatic rings. The van der Waals surface area contributed by atoms with Crippen molar-refractivity contribution in [2.45, 2.75) is 17.4 Å². The first-order valence-electron chi connectivity index (χ1n) is 8.68. The monoisotopic (exact) mass is 378 g/mol. The van der Waals surface area contributed by atoms with Crippen LogP contribution in [-0.2, 0) is 14.8 Å². The van der Waals surface area contributed by atoms with Gasteiger partial charge in [-0.2, -0.15) is 5.10 Å². The summed E-state index contributed by atoms with van der Waals surface area (Å²) in [7, 11) is -3.74. The maximum atomic E-state index is 12.7. The van der Waals surface area contributed by atoms with Crippen LogP contribution in [0.1, 0.15) is 12.5 Å². The fraction of sp³-hybridized carbons (Fsp3) is 0.500. The molecular formula is C16H22N6O3S. The lowest BCUT2D eigenvalue weighted by Gasteiger charge is -2.29. The third-order valence-electron chi connectivity index (χ3n) is 4.63. The summed E-state index contributed by atoms with van der Waals surface area (Å²) in [5, 5.41) is 7.48. The summed E-state index contributed by atoms with van der Waals surface area (Å²) < 4.78 is 34.9. The van der Waals surface area contributed by atoms with E-state index in [-0.39, 0.29) is 10.9 Å². The van der Waals surface area contributed by atoms with Crippen LogP contribution < -0.4 is 14.9 Å². The molecule has 1 unspecified atom stereocenters. The maximum absolute atomic E-state index is 12.7. The summed E-state index contributed by atoms with van der Waals surface area (Å²) in [5.74, 6) is 0.304. The highest BCUT2D eigenvalue weighted by atomic mass is 32.2. The van der Waals surface area contributed by atoms with Gasteiger partial charge in [-0.1, -0.05) is 0 Å². The molecule has 0 spiro atoms. The molecule has 10 heteroatoms. The maximum Gasteiger partial charge on any atom is 0.266 e. The second-order valence-corrected chi connectivity index (χ2v) is 8.10. The number of nitrogens with one attached hydrogen (secondary N) is 2. The molecule has 0 aliphatic carbocycles. The van der Waals surface area contributed by atoms with Gasteiger partial charge in [-0.3, -0.25) is 9.40 Å². The molecule has 0 radical (unpaired) electrons. The minimum atomic E-state index is -3.74. The smallest absolute Gasteiger partial charge is 0.266 e. The molecule has 26 heavy (non-hydrogen) atoms. The average molecular weight is 378 g/mol. The van der Waals surface area contributed by atoms with Gasteiger partial charge in [-0.05, 0) is 12.5 Å². The number of piperazine rings is 1. The van der Waals surface area contributed by atoms with Crippen LogP contribution in [0.15, 0.2) is 35.6 Å². The number of hydrogen-bond acceptors (Lipinski definition) is 7. The first-order chi connectivity index (χ1) is 12.6. The molecule has 0 bridgehead atoms. The van der Waals surface area contributed by atoms with E-state index < -0.39 is 10.0 Å². The van der Waals surface area contributed by atoms with Gasteiger partial charge in [0.1, 0.15) is 10.7 Å². The Morgan fingerprint density at radius 1 is 1.31 bits per heavy atom. The largest absolute Gasteiger partial charge is 0.379 e. The van der Waals surface area contributed by atoms with Crippen molar-refractivity contribution in [3.8, 4) is 0 Å². The predicted octanol–water partition coefficient (Wildman–Crippen LogP) is 0.450. The molecular weight excluding hydrogens is 356 g/mol. The Bertz CT molecular complexity index is 856. The van der Waals surface area contributed by atoms with Gasteiger partial charge in [-0.25, -0.2) is 13.4 Å². The molecule has 2 fully saturated rings. The second-order valence-electron chi connectivity index (χ2n) is 6.42. The lowest BCUT2D eigenvalue weighted by atomic mass is 10.3. The summed E-state index contributed by atoms with van der Waals surface area (Å²) in [6.45, 7) is 4.82. The first kappa shape index (κ1) is 17.3. The molecule has 2 N–H and O–H groups in total. The Morgan fingerprint density at radius 3 is 2.92 bits per heavy atom. The summed E-state index contributed by atoms with van der Waals surface area (Å²) in [6, 6.07) is 3.74. The van der Waals surface area contributed by atoms with E-state index in [1.165, 1.54) is 6.20 Å². The van der Waals surface area contributed by atoms with Crippen LogP contribution >= 0.6 is 0 Å². The molecule has 4 heterocycles. The number of pyridine rings is 1. The highest BCUT2D eigenvalue weighted by Gasteiger charge is 2.23. The van der Waals surface area contributed by atoms with Gasteiger partial charge in [0.05, 0.1) is 18.8 Å². The van der Waals surface area contributed by atoms with Crippen molar-refractivity contribution in [1.29, 1.82) is 0 Å². The van der Waals surface area contributed by atoms with Crippen LogP contribution in [0, 0.1) is 0 Å². The van der Waals surface area contributed by atoms with E-state index in [2.05, 4.69) is 25.0 Å². The standard InChI is InChI=1S/C16H22N6O3S/c23-26(24,15-10-19-22(11-15)14-2-8-25-12-14)20-16-9-13(1-3-18-16)21-6-4-17-5-7-21/h1,3,9-11,14,17H,2,4-8,12H2,(H,18,20). The van der Waals surface area contributed by atoms with Crippen LogP contribution in [-0.4, -0.2) is 62.6 Å². The Kier molecular flexibility index (Phi) is 4.79. The summed E-state index contributed by atoms with van der Waals surface area (Å²) >= 11 is 0. The van der Waals surface area contributed by atoms with Crippen molar-refractivity contribution >= 4 is 21.5 Å². The molecule has 2 aliphatic heterocycles. The van der Waals surface area contributed by atoms with E-state index in [1.54, 1.807) is 23.1 Å². The fourth-order valence-electron chi connectivity index (χ4n) is 3.18. The number of nitrogens with zero attached hydrogens (tertiary/aromatic N) is 4. The Morgan fingerprint density at radius 2 is 2.15 bits per heavy atom. The minimum absolute atomic E-state index is 0.0908. The van der Waals surface area contributed by atoms with E-state index in [1.807, 2.05) is 6.07 Å². The van der Waals surface area contributed by atoms with Crippen molar-refractivity contribution in [3.05, 3.63) is 30.7 Å². The SMILES string of the molecule is O=S(=O)(Nc1cc(N2CCNCC2)ccn1)c1cnn(C2CCOC2)c1. The lowest BCUT2D eigenvalue weighted by Crippen LogP contribution is -2.43. The van der Waals surface area contributed by atoms with E-state index in [9.17, 15) is 8.42 Å². The zero-order chi connectivity index (χ0) is 18.0. The summed E-state index contributed by atoms with van der Waals surface area (Å²) in [6.07, 6.45) is 5.36. The van der Waals surface area contributed by atoms with Crippen molar-refractivity contribution in [2.24, 2.45) is 0 Å². The molecule has 9 nitrogen and oxygen atoms in total. The van der Waals surface area contributed by atoms with Gasteiger partial charge in [0, 0.05) is 56.9 Å². The average Bonchev–Trinajstić information content (AvgIpc) is 3.34. The third kappa shape index (κ3) is 3.67. The van der Waals surface area contributed by atoms with Crippen LogP contribution in [0.3, 0.4) is 0 Å². The normalized spacial score (nSPS) is 21.1. The zero-order valence-corrected chi connectivity index (χ0v) is 15.2. The van der Waals surface area contributed by atoms with Crippen LogP contribution in [0.5, 0.6) is 0 Å². The number of hydrogen-bond donors (Lipinski definition) is 2. The molecule has 1 atom stereocenters. The number of anilines is 2. The zero-order valence-electron chi connectivity index (χ0n) is 14.3. The van der Waals surface area contributed by atoms with E-state index in [0.29, 0.717) is 19.0 Å². The molecule has 4 rings (SSSR count). The molecule has 2 aromatic heterocycles. The number of sulfonamides is 1. The summed E-state index contributed by atoms with van der Waals surface area (Å²) in [4.78, 5) is 6.48. The van der Waals surface area contributed by atoms with E-state index in [0.717, 1.165) is 38.3 Å². The van der Waals surface area contributed by atoms with Crippen molar-refractivity contribution in [3.63, 3.8) is 0 Å². The number of ether oxygens (including phenoxy) is 1. The minimum Gasteiger partial charge on any atom is -0.379 e. The van der Waals surface area contributed by atoms with Gasteiger partial charge >= 0.3 is 0 Å². The van der Waals surface area contributed by atoms with Crippen molar-refractivity contribution in [2.75, 3.05) is 49.0 Å². The number of rotatable bonds is 5. The highest BCUT2D eigenvalue weighted by Crippen LogP contribution is 2.22. The lowest BCUT2D eigenvalue weighted by molar-refractivity contribution is 0.184. The Balaban J connectivity index is 1.50. The fourth-order valence-corrected chi connectivity index (χ4v) is 4.12. The Labute approximate surface area is 152 Å². The van der Waals surface area contributed by atoms with Crippen molar-refractivity contribution < 1.29 is 13.2 Å². The number of aromatic nitrogens is 3. The third-order valence-corrected chi connectivity index (χ3v) is 5.94. The molecule has 2 aliphatic rings. The molecule has 0 amide bonds. The quantitative estimate of drug-likeness (QED) is 0.779. The molecule has 2 saturated heterocycles. The molecule has 0 saturated carbocycles. The topological polar surface area (TPSA) is 101 Å². The predicted molar refractivity (Wildman–Crippen MR) is 96.8 cm³/mol. The van der Waals surface area contributed by atoms with Gasteiger partial charge < -0.3 is 15.0 Å². The van der Waals surface area contributed by atoms with E-state index in [4.69, 9.17) is 4.74 Å². The van der Waals surface area contributed by atoms with E-state index >= 15 is 0 Å². The van der Waals surface area contributed by atoms with Crippen LogP contribution in [0.2, 0.25) is 0 Å². The Hall–Kier alpha value is -2.17. The molecule has 140 valence electrons. The van der Waals surface area contributed by atoms with Crippen LogP contribution in [0.4, 0.5) is 11.5 Å². The second kappa shape index (κ2) is 7.22. The summed E-state index contributed by atoms with van der Waals surface area (Å²) in [5.41, 5.74) is 0.956. The first-order valence-corrected chi connectivity index (χ1v) is 10.2. The van der Waals surface area contributed by atoms with Gasteiger partial charge in [0.25, 0.3) is 10.0 Å². The van der Waals surface area contributed by atoms with Crippen LogP contribution in [0.25, 0.3) is 0 Å². The van der Waals surface area contributed by atoms with Gasteiger partial charge in [-0.15, -0.1) is 0 Å². The highest BCUT2D eigenvalue weighted by molar-refractivity contribution is 7.92. The van der Waals surface area contributed by atoms with Crippen molar-refractivity contribution in [1.82, 2.24) is 20.1 Å².